The summed E-state index contributed by atoms with van der Waals surface area (Å²) in [6.45, 7) is 9.32. The summed E-state index contributed by atoms with van der Waals surface area (Å²) in [4.78, 5) is 13.6. The molecule has 2 heterocycles. The van der Waals surface area contributed by atoms with Crippen molar-refractivity contribution in [2.24, 2.45) is 0 Å². The Morgan fingerprint density at radius 3 is 1.78 bits per heavy atom. The van der Waals surface area contributed by atoms with E-state index in [4.69, 9.17) is 4.98 Å². The topological polar surface area (TPSA) is 35.2 Å². The number of imidazole rings is 1. The predicted molar refractivity (Wildman–Crippen MR) is 157 cm³/mol. The maximum atomic E-state index is 4.94. The molecule has 5 rings (SSSR count). The van der Waals surface area contributed by atoms with Crippen LogP contribution >= 0.6 is 37.2 Å². The quantitative estimate of drug-likeness (QED) is 0.287. The van der Waals surface area contributed by atoms with Crippen molar-refractivity contribution in [3.63, 3.8) is 0 Å². The van der Waals surface area contributed by atoms with Gasteiger partial charge in [0.2, 0.25) is 0 Å². The standard InChI is InChI=1S/C29H32N4.3ClH/c1-22-13-15-26(16-14-22)29-30-23(2)27(31-29)21-32-17-19-33(20-18-32)28(24-9-5-3-6-10-24)25-11-7-4-8-12-25;;;/h3-16,28H,17-21H2,1-2H3,(H,30,31);3*1H. The summed E-state index contributed by atoms with van der Waals surface area (Å²) in [5, 5.41) is 0. The van der Waals surface area contributed by atoms with Crippen molar-refractivity contribution in [3.05, 3.63) is 113 Å². The van der Waals surface area contributed by atoms with E-state index < -0.39 is 0 Å². The van der Waals surface area contributed by atoms with Crippen LogP contribution in [0.15, 0.2) is 84.9 Å². The fourth-order valence-corrected chi connectivity index (χ4v) is 4.77. The van der Waals surface area contributed by atoms with E-state index in [2.05, 4.69) is 114 Å². The predicted octanol–water partition coefficient (Wildman–Crippen LogP) is 6.87. The molecule has 0 radical (unpaired) electrons. The van der Waals surface area contributed by atoms with Crippen molar-refractivity contribution in [1.82, 2.24) is 19.8 Å². The molecule has 36 heavy (non-hydrogen) atoms. The molecule has 4 nitrogen and oxygen atoms in total. The fourth-order valence-electron chi connectivity index (χ4n) is 4.77. The van der Waals surface area contributed by atoms with Crippen molar-refractivity contribution < 1.29 is 0 Å². The number of halogens is 3. The molecule has 1 fully saturated rings. The normalized spacial score (nSPS) is 14.0. The largest absolute Gasteiger partial charge is 0.342 e. The highest BCUT2D eigenvalue weighted by Gasteiger charge is 2.27. The lowest BCUT2D eigenvalue weighted by atomic mass is 9.96. The summed E-state index contributed by atoms with van der Waals surface area (Å²) in [5.41, 5.74) is 7.46. The first-order chi connectivity index (χ1) is 16.2. The van der Waals surface area contributed by atoms with Crippen LogP contribution < -0.4 is 0 Å². The van der Waals surface area contributed by atoms with Crippen molar-refractivity contribution in [2.75, 3.05) is 26.2 Å². The van der Waals surface area contributed by atoms with E-state index in [1.807, 2.05) is 0 Å². The van der Waals surface area contributed by atoms with Crippen molar-refractivity contribution in [2.45, 2.75) is 26.4 Å². The third-order valence-electron chi connectivity index (χ3n) is 6.69. The maximum Gasteiger partial charge on any atom is 0.137 e. The minimum Gasteiger partial charge on any atom is -0.342 e. The van der Waals surface area contributed by atoms with Crippen LogP contribution in [0.5, 0.6) is 0 Å². The second kappa shape index (κ2) is 13.8. The lowest BCUT2D eigenvalue weighted by Crippen LogP contribution is -2.47. The van der Waals surface area contributed by atoms with Gasteiger partial charge in [-0.05, 0) is 25.0 Å². The maximum absolute atomic E-state index is 4.94. The van der Waals surface area contributed by atoms with E-state index in [0.29, 0.717) is 6.04 Å². The zero-order valence-corrected chi connectivity index (χ0v) is 23.2. The molecular formula is C29H35Cl3N4. The Kier molecular flexibility index (Phi) is 11.5. The summed E-state index contributed by atoms with van der Waals surface area (Å²) >= 11 is 0. The average molecular weight is 546 g/mol. The molecule has 0 amide bonds. The van der Waals surface area contributed by atoms with E-state index in [1.165, 1.54) is 22.4 Å². The van der Waals surface area contributed by atoms with E-state index in [1.54, 1.807) is 0 Å². The van der Waals surface area contributed by atoms with E-state index in [-0.39, 0.29) is 37.2 Å². The molecule has 7 heteroatoms. The Morgan fingerprint density at radius 1 is 0.722 bits per heavy atom. The van der Waals surface area contributed by atoms with Gasteiger partial charge >= 0.3 is 0 Å². The number of nitrogens with zero attached hydrogens (tertiary/aromatic N) is 3. The Labute approximate surface area is 233 Å². The molecule has 1 N–H and O–H groups in total. The number of piperazine rings is 1. The van der Waals surface area contributed by atoms with Gasteiger partial charge in [-0.25, -0.2) is 4.98 Å². The highest BCUT2D eigenvalue weighted by Crippen LogP contribution is 2.30. The monoisotopic (exact) mass is 544 g/mol. The number of aryl methyl sites for hydroxylation is 2. The Hall–Kier alpha value is -2.34. The summed E-state index contributed by atoms with van der Waals surface area (Å²) in [6, 6.07) is 30.7. The van der Waals surface area contributed by atoms with Gasteiger partial charge in [0.1, 0.15) is 5.82 Å². The van der Waals surface area contributed by atoms with Crippen LogP contribution in [0.3, 0.4) is 0 Å². The second-order valence-corrected chi connectivity index (χ2v) is 9.06. The van der Waals surface area contributed by atoms with E-state index >= 15 is 0 Å². The van der Waals surface area contributed by atoms with Gasteiger partial charge in [0.05, 0.1) is 11.7 Å². The molecule has 1 aromatic heterocycles. The van der Waals surface area contributed by atoms with E-state index in [0.717, 1.165) is 49.8 Å². The van der Waals surface area contributed by atoms with Gasteiger partial charge in [-0.1, -0.05) is 90.5 Å². The molecule has 1 aliphatic rings. The summed E-state index contributed by atoms with van der Waals surface area (Å²) in [5.74, 6) is 0.967. The van der Waals surface area contributed by atoms with Crippen LogP contribution in [-0.4, -0.2) is 45.9 Å². The van der Waals surface area contributed by atoms with Gasteiger partial charge in [-0.15, -0.1) is 37.2 Å². The van der Waals surface area contributed by atoms with Gasteiger partial charge in [0.25, 0.3) is 0 Å². The minimum absolute atomic E-state index is 0. The zero-order valence-electron chi connectivity index (χ0n) is 20.8. The summed E-state index contributed by atoms with van der Waals surface area (Å²) < 4.78 is 0. The van der Waals surface area contributed by atoms with Crippen molar-refractivity contribution in [3.8, 4) is 11.4 Å². The number of nitrogens with one attached hydrogen (secondary N) is 1. The summed E-state index contributed by atoms with van der Waals surface area (Å²) in [7, 11) is 0. The molecule has 0 spiro atoms. The molecule has 0 aliphatic carbocycles. The van der Waals surface area contributed by atoms with Gasteiger partial charge < -0.3 is 4.98 Å². The highest BCUT2D eigenvalue weighted by atomic mass is 35.5. The number of aromatic nitrogens is 2. The van der Waals surface area contributed by atoms with Gasteiger partial charge in [-0.3, -0.25) is 9.80 Å². The lowest BCUT2D eigenvalue weighted by Gasteiger charge is -2.39. The molecule has 0 unspecified atom stereocenters. The highest BCUT2D eigenvalue weighted by molar-refractivity contribution is 5.86. The molecule has 1 saturated heterocycles. The molecule has 4 aromatic rings. The number of aromatic amines is 1. The molecular weight excluding hydrogens is 511 g/mol. The number of H-pyrrole nitrogens is 1. The number of hydrogen-bond acceptors (Lipinski definition) is 3. The van der Waals surface area contributed by atoms with Crippen LogP contribution in [0.2, 0.25) is 0 Å². The second-order valence-electron chi connectivity index (χ2n) is 9.06. The third-order valence-corrected chi connectivity index (χ3v) is 6.69. The minimum atomic E-state index is 0. The smallest absolute Gasteiger partial charge is 0.137 e. The Morgan fingerprint density at radius 2 is 1.25 bits per heavy atom. The van der Waals surface area contributed by atoms with Crippen molar-refractivity contribution in [1.29, 1.82) is 0 Å². The van der Waals surface area contributed by atoms with Gasteiger partial charge in [0, 0.05) is 44.0 Å². The van der Waals surface area contributed by atoms with Crippen LogP contribution in [0, 0.1) is 13.8 Å². The SMILES string of the molecule is Cc1ccc(-c2nc(CN3CCN(C(c4ccccc4)c4ccccc4)CC3)c(C)[nH]2)cc1.Cl.Cl.Cl. The first-order valence-electron chi connectivity index (χ1n) is 11.9. The molecule has 3 aromatic carbocycles. The van der Waals surface area contributed by atoms with E-state index in [9.17, 15) is 0 Å². The number of hydrogen-bond donors (Lipinski definition) is 1. The lowest BCUT2D eigenvalue weighted by molar-refractivity contribution is 0.104. The van der Waals surface area contributed by atoms with Crippen LogP contribution in [0.4, 0.5) is 0 Å². The molecule has 1 aliphatic heterocycles. The number of benzene rings is 3. The van der Waals surface area contributed by atoms with Crippen LogP contribution in [0.25, 0.3) is 11.4 Å². The van der Waals surface area contributed by atoms with Gasteiger partial charge in [0.15, 0.2) is 0 Å². The summed E-state index contributed by atoms with van der Waals surface area (Å²) in [6.07, 6.45) is 0. The van der Waals surface area contributed by atoms with Crippen molar-refractivity contribution >= 4 is 37.2 Å². The Bertz CT molecular complexity index is 1130. The Balaban J connectivity index is 0.00000152. The molecule has 0 bridgehead atoms. The molecule has 0 atom stereocenters. The first-order valence-corrected chi connectivity index (χ1v) is 11.9. The van der Waals surface area contributed by atoms with Crippen LogP contribution in [-0.2, 0) is 6.54 Å². The fraction of sp³-hybridized carbons (Fsp3) is 0.276. The third kappa shape index (κ3) is 6.90. The average Bonchev–Trinajstić information content (AvgIpc) is 3.22. The first kappa shape index (κ1) is 29.9. The van der Waals surface area contributed by atoms with Gasteiger partial charge in [-0.2, -0.15) is 0 Å². The molecule has 192 valence electrons. The molecule has 0 saturated carbocycles. The zero-order chi connectivity index (χ0) is 22.6. The van der Waals surface area contributed by atoms with Crippen LogP contribution in [0.1, 0.15) is 34.1 Å². The number of rotatable bonds is 6.